The molecule has 2 aromatic heterocycles. The van der Waals surface area contributed by atoms with Crippen LogP contribution in [0.15, 0.2) is 200 Å². The second kappa shape index (κ2) is 22.6. The van der Waals surface area contributed by atoms with Crippen molar-refractivity contribution in [2.45, 2.75) is 65.5 Å². The summed E-state index contributed by atoms with van der Waals surface area (Å²) < 4.78 is 224. The summed E-state index contributed by atoms with van der Waals surface area (Å²) >= 11 is 0. The van der Waals surface area contributed by atoms with Gasteiger partial charge in [-0.1, -0.05) is 120 Å². The fourth-order valence-corrected chi connectivity index (χ4v) is 13.3. The van der Waals surface area contributed by atoms with Crippen molar-refractivity contribution in [2.75, 3.05) is 0 Å². The molecule has 0 radical (unpaired) electrons. The molecule has 0 aliphatic carbocycles. The number of fused-ring (bicyclic) bond motifs is 6. The third-order valence-electron chi connectivity index (χ3n) is 17.6. The van der Waals surface area contributed by atoms with Gasteiger partial charge in [0.1, 0.15) is 0 Å². The van der Waals surface area contributed by atoms with Gasteiger partial charge in [0.2, 0.25) is 0 Å². The Hall–Kier alpha value is -10.5. The first-order chi connectivity index (χ1) is 44.8. The summed E-state index contributed by atoms with van der Waals surface area (Å²) in [5.41, 5.74) is 1.23. The Morgan fingerprint density at radius 1 is 0.295 bits per heavy atom. The van der Waals surface area contributed by atoms with Crippen molar-refractivity contribution in [3.05, 3.63) is 267 Å². The lowest BCUT2D eigenvalue weighted by atomic mass is 9.91. The van der Waals surface area contributed by atoms with Crippen molar-refractivity contribution in [1.29, 1.82) is 0 Å². The molecule has 0 unspecified atom stereocenters. The summed E-state index contributed by atoms with van der Waals surface area (Å²) in [6.07, 6.45) is -25.9. The van der Waals surface area contributed by atoms with Crippen LogP contribution in [0.1, 0.15) is 55.6 Å². The van der Waals surface area contributed by atoms with E-state index in [0.717, 1.165) is 61.3 Å². The van der Waals surface area contributed by atoms with Crippen LogP contribution in [0.5, 0.6) is 0 Å². The summed E-state index contributed by atoms with van der Waals surface area (Å²) in [7, 11) is 0. The first-order valence-electron chi connectivity index (χ1n) is 29.5. The van der Waals surface area contributed by atoms with E-state index in [9.17, 15) is 52.7 Å². The first-order valence-corrected chi connectivity index (χ1v) is 29.5. The molecule has 0 saturated carbocycles. The van der Waals surface area contributed by atoms with E-state index in [-0.39, 0.29) is 67.6 Å². The number of aromatic nitrogens is 2. The molecule has 13 rings (SSSR count). The van der Waals surface area contributed by atoms with E-state index >= 15 is 13.2 Å². The highest BCUT2D eigenvalue weighted by Gasteiger charge is 2.41. The lowest BCUT2D eigenvalue weighted by Crippen LogP contribution is -2.12. The molecular weight excluding hydrogens is 1250 g/mol. The lowest BCUT2D eigenvalue weighted by Gasteiger charge is -2.22. The van der Waals surface area contributed by atoms with Crippen molar-refractivity contribution >= 4 is 49.3 Å². The van der Waals surface area contributed by atoms with Crippen LogP contribution >= 0.6 is 0 Å². The van der Waals surface area contributed by atoms with E-state index in [0.29, 0.717) is 57.7 Å². The average molecular weight is 1300 g/mol. The van der Waals surface area contributed by atoms with Crippen LogP contribution in [0.25, 0.3) is 127 Å². The molecule has 2 heterocycles. The fraction of sp³-hybridized carbons (Fsp3) is 0.130. The molecule has 476 valence electrons. The number of aryl methyl sites for hydroxylation is 5. The van der Waals surface area contributed by atoms with E-state index in [1.165, 1.54) is 60.7 Å². The molecule has 0 fully saturated rings. The zero-order valence-electron chi connectivity index (χ0n) is 50.6. The number of hydrogen-bond acceptors (Lipinski definition) is 0. The molecule has 0 amide bonds. The van der Waals surface area contributed by atoms with Crippen LogP contribution in [0.4, 0.5) is 71.5 Å². The topological polar surface area (TPSA) is 14.2 Å². The minimum atomic E-state index is -5.36. The molecule has 11 aromatic carbocycles. The van der Waals surface area contributed by atoms with Crippen molar-refractivity contribution < 1.29 is 65.9 Å². The molecule has 0 atom stereocenters. The van der Waals surface area contributed by atoms with Gasteiger partial charge in [-0.3, -0.25) is 0 Å². The van der Waals surface area contributed by atoms with Gasteiger partial charge >= 0.3 is 30.9 Å². The van der Waals surface area contributed by atoms with Crippen molar-refractivity contribution in [3.63, 3.8) is 0 Å². The van der Waals surface area contributed by atoms with Crippen molar-refractivity contribution in [3.8, 4) is 78.1 Å². The Morgan fingerprint density at radius 3 is 1.03 bits per heavy atom. The van der Waals surface area contributed by atoms with Gasteiger partial charge < -0.3 is 9.13 Å². The molecule has 0 bridgehead atoms. The molecule has 18 heteroatoms. The minimum Gasteiger partial charge on any atom is -0.310 e. The van der Waals surface area contributed by atoms with E-state index in [4.69, 9.17) is 6.57 Å². The first kappa shape index (κ1) is 63.2. The Morgan fingerprint density at radius 2 is 0.653 bits per heavy atom. The molecule has 13 aromatic rings. The maximum Gasteiger partial charge on any atom is 0.417 e. The Balaban J connectivity index is 1.14. The third-order valence-corrected chi connectivity index (χ3v) is 17.6. The summed E-state index contributed by atoms with van der Waals surface area (Å²) in [6.45, 7) is 17.9. The monoisotopic (exact) mass is 1300 g/mol. The largest absolute Gasteiger partial charge is 0.417 e. The second-order valence-electron chi connectivity index (χ2n) is 23.8. The van der Waals surface area contributed by atoms with Gasteiger partial charge in [-0.15, -0.1) is 0 Å². The van der Waals surface area contributed by atoms with Gasteiger partial charge in [-0.05, 0) is 198 Å². The van der Waals surface area contributed by atoms with Crippen LogP contribution in [0.2, 0.25) is 0 Å². The Kier molecular flexibility index (Phi) is 15.0. The molecule has 0 aliphatic heterocycles. The van der Waals surface area contributed by atoms with Gasteiger partial charge in [0, 0.05) is 38.4 Å². The lowest BCUT2D eigenvalue weighted by molar-refractivity contribution is -0.144. The van der Waals surface area contributed by atoms with E-state index in [2.05, 4.69) is 29.1 Å². The smallest absolute Gasteiger partial charge is 0.310 e. The van der Waals surface area contributed by atoms with Crippen LogP contribution < -0.4 is 0 Å². The summed E-state index contributed by atoms with van der Waals surface area (Å²) in [5.74, 6) is 0. The standard InChI is InChI=1S/C77H48F15N3/c1-40-10-20-53(43(4)30-40)45-13-26-66-59(32-45)60-33-46(54-21-11-41(2)31-44(54)5)14-27-67(60)94(66)70-36-49(72-42(3)8-7-9-63(72)75(84,85)86)12-22-57(70)58-25-19-52(93-6)39-71(58)95-68-28-15-47(55-23-17-50(73(78,79)80)37-64(55)76(87,88)89)34-61(68)62-35-48(16-29-69(62)95)56-24-18-51(74(81,82)83)38-65(56)77(90,91)92/h7-39H,1-5H3. The Bertz CT molecular complexity index is 5130. The van der Waals surface area contributed by atoms with Crippen LogP contribution in [-0.2, 0) is 30.9 Å². The Labute approximate surface area is 533 Å². The maximum atomic E-state index is 15.3. The molecule has 95 heavy (non-hydrogen) atoms. The number of benzene rings is 11. The van der Waals surface area contributed by atoms with Gasteiger partial charge in [0.25, 0.3) is 0 Å². The highest BCUT2D eigenvalue weighted by atomic mass is 19.4. The number of halogens is 15. The predicted octanol–water partition coefficient (Wildman–Crippen LogP) is 25.1. The highest BCUT2D eigenvalue weighted by Crippen LogP contribution is 2.50. The number of nitrogens with zero attached hydrogens (tertiary/aromatic N) is 3. The normalized spacial score (nSPS) is 12.6. The zero-order valence-corrected chi connectivity index (χ0v) is 50.6. The van der Waals surface area contributed by atoms with Gasteiger partial charge in [-0.25, -0.2) is 4.85 Å². The van der Waals surface area contributed by atoms with Crippen LogP contribution in [-0.4, -0.2) is 9.13 Å². The molecule has 0 spiro atoms. The molecule has 0 saturated heterocycles. The minimum absolute atomic E-state index is 0.00319. The second-order valence-corrected chi connectivity index (χ2v) is 23.8. The zero-order chi connectivity index (χ0) is 67.7. The van der Waals surface area contributed by atoms with E-state index in [1.54, 1.807) is 35.8 Å². The summed E-state index contributed by atoms with van der Waals surface area (Å²) in [4.78, 5) is 3.75. The van der Waals surface area contributed by atoms with Gasteiger partial charge in [0.05, 0.1) is 62.1 Å². The number of alkyl halides is 15. The highest BCUT2D eigenvalue weighted by molar-refractivity contribution is 6.14. The third kappa shape index (κ3) is 11.3. The van der Waals surface area contributed by atoms with E-state index in [1.807, 2.05) is 80.8 Å². The van der Waals surface area contributed by atoms with Crippen LogP contribution in [0.3, 0.4) is 0 Å². The molecule has 0 N–H and O–H groups in total. The molecule has 0 aliphatic rings. The van der Waals surface area contributed by atoms with Crippen molar-refractivity contribution in [2.24, 2.45) is 0 Å². The SMILES string of the molecule is [C-]#[N+]c1ccc(-c2ccc(-c3c(C)cccc3C(F)(F)F)cc2-n2c3ccc(-c4ccc(C)cc4C)cc3c3cc(-c4ccc(C)cc4C)ccc32)c(-n2c3ccc(-c4ccc(C(F)(F)F)cc4C(F)(F)F)cc3c3cc(-c4ccc(C(F)(F)F)cc4C(F)(F)F)ccc32)c1. The van der Waals surface area contributed by atoms with Gasteiger partial charge in [0.15, 0.2) is 5.69 Å². The summed E-state index contributed by atoms with van der Waals surface area (Å²) in [5, 5.41) is 1.52. The fourth-order valence-electron chi connectivity index (χ4n) is 13.3. The maximum absolute atomic E-state index is 15.3. The predicted molar refractivity (Wildman–Crippen MR) is 343 cm³/mol. The van der Waals surface area contributed by atoms with Crippen molar-refractivity contribution in [1.82, 2.24) is 9.13 Å². The quantitative estimate of drug-likeness (QED) is 0.106. The van der Waals surface area contributed by atoms with E-state index < -0.39 is 69.8 Å². The number of rotatable bonds is 8. The molecular formula is C77H48F15N3. The summed E-state index contributed by atoms with van der Waals surface area (Å²) in [6, 6.07) is 47.1. The van der Waals surface area contributed by atoms with Gasteiger partial charge in [-0.2, -0.15) is 65.9 Å². The average Bonchev–Trinajstić information content (AvgIpc) is 1.62. The number of hydrogen-bond donors (Lipinski definition) is 0. The van der Waals surface area contributed by atoms with Crippen LogP contribution in [0, 0.1) is 41.2 Å². The molecule has 3 nitrogen and oxygen atoms in total.